The number of carbonyl (C=O) groups is 3. The summed E-state index contributed by atoms with van der Waals surface area (Å²) in [5.74, 6) is 0.848. The molecule has 0 aromatic carbocycles. The maximum Gasteiger partial charge on any atom is 0.306 e. The zero-order chi connectivity index (χ0) is 42.6. The first-order valence-electron chi connectivity index (χ1n) is 25.8. The minimum atomic E-state index is -0.760. The molecule has 6 heteroatoms. The predicted molar refractivity (Wildman–Crippen MR) is 247 cm³/mol. The lowest BCUT2D eigenvalue weighted by Gasteiger charge is -2.18. The quantitative estimate of drug-likeness (QED) is 0.0346. The fourth-order valence-electron chi connectivity index (χ4n) is 7.78. The molecule has 0 bridgehead atoms. The van der Waals surface area contributed by atoms with E-state index in [4.69, 9.17) is 14.2 Å². The number of hydrogen-bond donors (Lipinski definition) is 0. The van der Waals surface area contributed by atoms with Gasteiger partial charge in [-0.3, -0.25) is 14.4 Å². The molecule has 6 nitrogen and oxygen atoms in total. The molecule has 0 fully saturated rings. The van der Waals surface area contributed by atoms with Gasteiger partial charge in [0.15, 0.2) is 6.10 Å². The highest BCUT2D eigenvalue weighted by Gasteiger charge is 2.19. The summed E-state index contributed by atoms with van der Waals surface area (Å²) in [6.45, 7) is 11.3. The van der Waals surface area contributed by atoms with Gasteiger partial charge in [0.2, 0.25) is 0 Å². The van der Waals surface area contributed by atoms with Crippen molar-refractivity contribution in [2.45, 2.75) is 291 Å². The molecule has 0 radical (unpaired) electrons. The van der Waals surface area contributed by atoms with Gasteiger partial charge in [0.25, 0.3) is 0 Å². The molecular weight excluding hydrogens is 721 g/mol. The molecule has 0 aromatic heterocycles. The molecule has 0 saturated heterocycles. The summed E-state index contributed by atoms with van der Waals surface area (Å²) in [6, 6.07) is 0. The summed E-state index contributed by atoms with van der Waals surface area (Å²) in [7, 11) is 0. The Morgan fingerprint density at radius 3 is 0.983 bits per heavy atom. The molecule has 0 rings (SSSR count). The van der Waals surface area contributed by atoms with Gasteiger partial charge in [-0.05, 0) is 31.1 Å². The van der Waals surface area contributed by atoms with Crippen LogP contribution in [0.2, 0.25) is 0 Å². The summed E-state index contributed by atoms with van der Waals surface area (Å²) < 4.78 is 16.7. The summed E-state index contributed by atoms with van der Waals surface area (Å²) in [4.78, 5) is 37.7. The maximum absolute atomic E-state index is 12.8. The first-order valence-corrected chi connectivity index (χ1v) is 25.8. The van der Waals surface area contributed by atoms with Gasteiger partial charge in [-0.25, -0.2) is 0 Å². The first-order chi connectivity index (χ1) is 28.3. The smallest absolute Gasteiger partial charge is 0.306 e. The number of rotatable bonds is 46. The molecule has 0 aliphatic carbocycles. The number of hydrogen-bond acceptors (Lipinski definition) is 6. The SMILES string of the molecule is CCCCCCCCCC(=O)OC[C@@H](COC(=O)CCCCCCCCCCC(C)C)OC(=O)CCCCCCCCCCCCCCCCCCCCC(C)CC. The Labute approximate surface area is 361 Å². The zero-order valence-electron chi connectivity index (χ0n) is 39.7. The van der Waals surface area contributed by atoms with E-state index in [0.29, 0.717) is 19.3 Å². The lowest BCUT2D eigenvalue weighted by molar-refractivity contribution is -0.167. The van der Waals surface area contributed by atoms with Crippen LogP contribution in [0.5, 0.6) is 0 Å². The molecule has 0 heterocycles. The van der Waals surface area contributed by atoms with E-state index in [0.717, 1.165) is 69.6 Å². The van der Waals surface area contributed by atoms with Crippen LogP contribution >= 0.6 is 0 Å². The van der Waals surface area contributed by atoms with Gasteiger partial charge in [-0.1, -0.05) is 247 Å². The van der Waals surface area contributed by atoms with Crippen molar-refractivity contribution in [3.8, 4) is 0 Å². The summed E-state index contributed by atoms with van der Waals surface area (Å²) >= 11 is 0. The van der Waals surface area contributed by atoms with Crippen LogP contribution in [0.3, 0.4) is 0 Å². The van der Waals surface area contributed by atoms with Crippen LogP contribution in [0.1, 0.15) is 285 Å². The van der Waals surface area contributed by atoms with Crippen LogP contribution in [-0.2, 0) is 28.6 Å². The third kappa shape index (κ3) is 44.0. The Morgan fingerprint density at radius 2 is 0.655 bits per heavy atom. The second kappa shape index (κ2) is 44.9. The van der Waals surface area contributed by atoms with Gasteiger partial charge >= 0.3 is 17.9 Å². The maximum atomic E-state index is 12.8. The molecule has 0 aliphatic rings. The molecule has 1 unspecified atom stereocenters. The molecule has 0 aliphatic heterocycles. The Morgan fingerprint density at radius 1 is 0.362 bits per heavy atom. The number of carbonyl (C=O) groups excluding carboxylic acids is 3. The second-order valence-electron chi connectivity index (χ2n) is 18.5. The number of ether oxygens (including phenoxy) is 3. The largest absolute Gasteiger partial charge is 0.462 e. The third-order valence-corrected chi connectivity index (χ3v) is 12.1. The number of unbranched alkanes of at least 4 members (excludes halogenated alkanes) is 30. The summed E-state index contributed by atoms with van der Waals surface area (Å²) in [5, 5.41) is 0. The van der Waals surface area contributed by atoms with Crippen LogP contribution in [0.4, 0.5) is 0 Å². The van der Waals surface area contributed by atoms with Crippen molar-refractivity contribution < 1.29 is 28.6 Å². The Hall–Kier alpha value is -1.59. The Bertz CT molecular complexity index is 887. The lowest BCUT2D eigenvalue weighted by atomic mass is 9.99. The molecule has 0 N–H and O–H groups in total. The normalized spacial score (nSPS) is 12.5. The van der Waals surface area contributed by atoms with Gasteiger partial charge in [-0.2, -0.15) is 0 Å². The van der Waals surface area contributed by atoms with E-state index in [1.54, 1.807) is 0 Å². The Balaban J connectivity index is 4.13. The van der Waals surface area contributed by atoms with Crippen LogP contribution in [0.25, 0.3) is 0 Å². The highest BCUT2D eigenvalue weighted by Crippen LogP contribution is 2.18. The van der Waals surface area contributed by atoms with Gasteiger partial charge in [0.1, 0.15) is 13.2 Å². The monoisotopic (exact) mass is 821 g/mol. The summed E-state index contributed by atoms with van der Waals surface area (Å²) in [6.07, 6.45) is 45.4. The highest BCUT2D eigenvalue weighted by atomic mass is 16.6. The van der Waals surface area contributed by atoms with Gasteiger partial charge in [0.05, 0.1) is 0 Å². The van der Waals surface area contributed by atoms with Crippen molar-refractivity contribution in [2.75, 3.05) is 13.2 Å². The van der Waals surface area contributed by atoms with E-state index in [1.165, 1.54) is 173 Å². The number of esters is 3. The lowest BCUT2D eigenvalue weighted by Crippen LogP contribution is -2.30. The van der Waals surface area contributed by atoms with E-state index in [2.05, 4.69) is 34.6 Å². The first kappa shape index (κ1) is 56.4. The van der Waals surface area contributed by atoms with Gasteiger partial charge in [0, 0.05) is 19.3 Å². The van der Waals surface area contributed by atoms with Crippen LogP contribution in [0, 0.1) is 11.8 Å². The summed E-state index contributed by atoms with van der Waals surface area (Å²) in [5.41, 5.74) is 0. The van der Waals surface area contributed by atoms with Gasteiger partial charge in [-0.15, -0.1) is 0 Å². The predicted octanol–water partition coefficient (Wildman–Crippen LogP) is 16.5. The van der Waals surface area contributed by atoms with Crippen molar-refractivity contribution >= 4 is 17.9 Å². The molecule has 344 valence electrons. The second-order valence-corrected chi connectivity index (χ2v) is 18.5. The van der Waals surface area contributed by atoms with Crippen molar-refractivity contribution in [1.29, 1.82) is 0 Å². The Kier molecular flexibility index (Phi) is 43.7. The highest BCUT2D eigenvalue weighted by molar-refractivity contribution is 5.71. The third-order valence-electron chi connectivity index (χ3n) is 12.1. The van der Waals surface area contributed by atoms with E-state index < -0.39 is 6.10 Å². The zero-order valence-corrected chi connectivity index (χ0v) is 39.7. The topological polar surface area (TPSA) is 78.9 Å². The minimum Gasteiger partial charge on any atom is -0.462 e. The fourth-order valence-corrected chi connectivity index (χ4v) is 7.78. The molecule has 2 atom stereocenters. The van der Waals surface area contributed by atoms with Gasteiger partial charge < -0.3 is 14.2 Å². The average molecular weight is 821 g/mol. The van der Waals surface area contributed by atoms with Crippen molar-refractivity contribution in [1.82, 2.24) is 0 Å². The van der Waals surface area contributed by atoms with Crippen LogP contribution in [0.15, 0.2) is 0 Å². The van der Waals surface area contributed by atoms with Crippen LogP contribution < -0.4 is 0 Å². The molecule has 0 spiro atoms. The van der Waals surface area contributed by atoms with E-state index in [1.807, 2.05) is 0 Å². The van der Waals surface area contributed by atoms with Crippen molar-refractivity contribution in [3.63, 3.8) is 0 Å². The average Bonchev–Trinajstić information content (AvgIpc) is 3.21. The molecule has 0 amide bonds. The molecular formula is C52H100O6. The van der Waals surface area contributed by atoms with E-state index in [9.17, 15) is 14.4 Å². The fraction of sp³-hybridized carbons (Fsp3) is 0.942. The van der Waals surface area contributed by atoms with Crippen molar-refractivity contribution in [3.05, 3.63) is 0 Å². The van der Waals surface area contributed by atoms with E-state index >= 15 is 0 Å². The van der Waals surface area contributed by atoms with Crippen molar-refractivity contribution in [2.24, 2.45) is 11.8 Å². The minimum absolute atomic E-state index is 0.0650. The molecule has 58 heavy (non-hydrogen) atoms. The molecule has 0 aromatic rings. The van der Waals surface area contributed by atoms with E-state index in [-0.39, 0.29) is 31.1 Å². The standard InChI is InChI=1S/C52H100O6/c1-6-8-9-10-25-32-37-42-50(53)56-45-49(46-57-51(54)43-38-33-28-24-23-26-30-35-40-47(3)4)58-52(55)44-39-34-29-22-20-18-16-14-12-11-13-15-17-19-21-27-31-36-41-48(5)7-2/h47-49H,6-46H2,1-5H3/t48?,49-/m0/s1. The van der Waals surface area contributed by atoms with Crippen LogP contribution in [-0.4, -0.2) is 37.2 Å². The molecule has 0 saturated carbocycles.